The Labute approximate surface area is 192 Å². The van der Waals surface area contributed by atoms with Crippen LogP contribution in [0.2, 0.25) is 0 Å². The van der Waals surface area contributed by atoms with Crippen molar-refractivity contribution in [1.29, 1.82) is 0 Å². The first-order valence-electron chi connectivity index (χ1n) is 11.0. The van der Waals surface area contributed by atoms with Crippen molar-refractivity contribution in [3.05, 3.63) is 65.3 Å². The lowest BCUT2D eigenvalue weighted by Crippen LogP contribution is -2.37. The van der Waals surface area contributed by atoms with E-state index in [1.807, 2.05) is 0 Å². The zero-order valence-corrected chi connectivity index (χ0v) is 18.8. The van der Waals surface area contributed by atoms with E-state index in [2.05, 4.69) is 4.90 Å². The lowest BCUT2D eigenvalue weighted by atomic mass is 9.95. The van der Waals surface area contributed by atoms with Gasteiger partial charge in [-0.05, 0) is 67.9 Å². The van der Waals surface area contributed by atoms with Crippen molar-refractivity contribution < 1.29 is 28.6 Å². The summed E-state index contributed by atoms with van der Waals surface area (Å²) in [6.45, 7) is 3.04. The molecule has 2 aromatic rings. The Morgan fingerprint density at radius 3 is 2.58 bits per heavy atom. The number of rotatable bonds is 9. The van der Waals surface area contributed by atoms with Crippen LogP contribution in [0.25, 0.3) is 6.08 Å². The molecule has 0 radical (unpaired) electrons. The van der Waals surface area contributed by atoms with Crippen molar-refractivity contribution >= 4 is 17.8 Å². The maximum atomic E-state index is 13.2. The number of amides is 1. The summed E-state index contributed by atoms with van der Waals surface area (Å²) < 4.78 is 16.0. The predicted octanol–water partition coefficient (Wildman–Crippen LogP) is 3.37. The number of aliphatic hydroxyl groups excluding tert-OH is 1. The molecule has 2 aliphatic heterocycles. The van der Waals surface area contributed by atoms with Crippen molar-refractivity contribution in [2.75, 3.05) is 40.4 Å². The van der Waals surface area contributed by atoms with Gasteiger partial charge in [0.25, 0.3) is 5.91 Å². The van der Waals surface area contributed by atoms with Gasteiger partial charge in [0.2, 0.25) is 0 Å². The molecular formula is C25H28N2O6. The highest BCUT2D eigenvalue weighted by molar-refractivity contribution is 6.14. The maximum Gasteiger partial charge on any atom is 0.290 e. The molecule has 1 fully saturated rings. The van der Waals surface area contributed by atoms with E-state index in [0.717, 1.165) is 25.9 Å². The summed E-state index contributed by atoms with van der Waals surface area (Å²) in [5.41, 5.74) is 0.692. The van der Waals surface area contributed by atoms with Gasteiger partial charge in [-0.25, -0.2) is 0 Å². The van der Waals surface area contributed by atoms with Gasteiger partial charge in [-0.1, -0.05) is 6.07 Å². The van der Waals surface area contributed by atoms with Crippen molar-refractivity contribution in [2.45, 2.75) is 18.9 Å². The Hall–Kier alpha value is -3.52. The fourth-order valence-corrected chi connectivity index (χ4v) is 4.39. The molecule has 4 rings (SSSR count). The summed E-state index contributed by atoms with van der Waals surface area (Å²) >= 11 is 0. The second-order valence-electron chi connectivity index (χ2n) is 8.04. The van der Waals surface area contributed by atoms with Gasteiger partial charge in [0, 0.05) is 13.1 Å². The second kappa shape index (κ2) is 9.95. The molecule has 174 valence electrons. The number of aliphatic hydroxyl groups is 1. The second-order valence-corrected chi connectivity index (χ2v) is 8.04. The SMILES string of the molecule is COc1ccc(C2C(C(=O)/C=C/c3ccco3)=C(O)C(=O)N2CCN2CCCC2)cc1OC. The Morgan fingerprint density at radius 2 is 1.91 bits per heavy atom. The van der Waals surface area contributed by atoms with Crippen LogP contribution in [0.5, 0.6) is 11.5 Å². The fourth-order valence-electron chi connectivity index (χ4n) is 4.39. The van der Waals surface area contributed by atoms with Crippen LogP contribution in [-0.4, -0.2) is 67.0 Å². The molecule has 0 aliphatic carbocycles. The number of likely N-dealkylation sites (tertiary alicyclic amines) is 1. The minimum absolute atomic E-state index is 0.0384. The first kappa shape index (κ1) is 22.7. The van der Waals surface area contributed by atoms with E-state index in [-0.39, 0.29) is 5.57 Å². The molecule has 1 atom stereocenters. The molecule has 0 saturated carbocycles. The molecule has 8 heteroatoms. The van der Waals surface area contributed by atoms with Gasteiger partial charge >= 0.3 is 0 Å². The smallest absolute Gasteiger partial charge is 0.290 e. The van der Waals surface area contributed by atoms with Gasteiger partial charge in [-0.3, -0.25) is 9.59 Å². The highest BCUT2D eigenvalue weighted by Gasteiger charge is 2.43. The Morgan fingerprint density at radius 1 is 1.15 bits per heavy atom. The number of allylic oxidation sites excluding steroid dienone is 1. The molecular weight excluding hydrogens is 424 g/mol. The monoisotopic (exact) mass is 452 g/mol. The van der Waals surface area contributed by atoms with Crippen LogP contribution in [0.15, 0.2) is 58.4 Å². The van der Waals surface area contributed by atoms with Crippen molar-refractivity contribution in [2.24, 2.45) is 0 Å². The number of hydrogen-bond donors (Lipinski definition) is 1. The molecule has 8 nitrogen and oxygen atoms in total. The average molecular weight is 453 g/mol. The van der Waals surface area contributed by atoms with Crippen LogP contribution < -0.4 is 9.47 Å². The number of hydrogen-bond acceptors (Lipinski definition) is 7. The van der Waals surface area contributed by atoms with E-state index in [4.69, 9.17) is 13.9 Å². The summed E-state index contributed by atoms with van der Waals surface area (Å²) in [5.74, 6) is -0.0182. The summed E-state index contributed by atoms with van der Waals surface area (Å²) in [5, 5.41) is 10.7. The highest BCUT2D eigenvalue weighted by Crippen LogP contribution is 2.41. The molecule has 1 aromatic heterocycles. The van der Waals surface area contributed by atoms with Gasteiger partial charge < -0.3 is 28.8 Å². The molecule has 0 spiro atoms. The normalized spacial score (nSPS) is 19.2. The molecule has 2 aliphatic rings. The predicted molar refractivity (Wildman–Crippen MR) is 122 cm³/mol. The van der Waals surface area contributed by atoms with Gasteiger partial charge in [0.15, 0.2) is 23.0 Å². The van der Waals surface area contributed by atoms with E-state index in [1.54, 1.807) is 42.3 Å². The third-order valence-corrected chi connectivity index (χ3v) is 6.09. The summed E-state index contributed by atoms with van der Waals surface area (Å²) in [4.78, 5) is 30.1. The molecule has 3 heterocycles. The Kier molecular flexibility index (Phi) is 6.84. The number of ether oxygens (including phenoxy) is 2. The van der Waals surface area contributed by atoms with E-state index in [0.29, 0.717) is 35.9 Å². The highest BCUT2D eigenvalue weighted by atomic mass is 16.5. The number of methoxy groups -OCH3 is 2. The average Bonchev–Trinajstić information content (AvgIpc) is 3.59. The van der Waals surface area contributed by atoms with Crippen molar-refractivity contribution in [3.8, 4) is 11.5 Å². The largest absolute Gasteiger partial charge is 0.503 e. The third-order valence-electron chi connectivity index (χ3n) is 6.09. The van der Waals surface area contributed by atoms with E-state index in [1.165, 1.54) is 25.5 Å². The Bertz CT molecular complexity index is 1070. The molecule has 0 bridgehead atoms. The minimum atomic E-state index is -0.742. The van der Waals surface area contributed by atoms with E-state index >= 15 is 0 Å². The third kappa shape index (κ3) is 4.66. The zero-order valence-electron chi connectivity index (χ0n) is 18.8. The fraction of sp³-hybridized carbons (Fsp3) is 0.360. The van der Waals surface area contributed by atoms with Crippen LogP contribution in [0, 0.1) is 0 Å². The van der Waals surface area contributed by atoms with Gasteiger partial charge in [0.1, 0.15) is 5.76 Å². The molecule has 1 amide bonds. The topological polar surface area (TPSA) is 92.5 Å². The Balaban J connectivity index is 1.69. The van der Waals surface area contributed by atoms with Crippen LogP contribution in [-0.2, 0) is 9.59 Å². The van der Waals surface area contributed by atoms with Crippen molar-refractivity contribution in [1.82, 2.24) is 9.80 Å². The lowest BCUT2D eigenvalue weighted by Gasteiger charge is -2.29. The van der Waals surface area contributed by atoms with E-state index < -0.39 is 23.5 Å². The lowest BCUT2D eigenvalue weighted by molar-refractivity contribution is -0.129. The number of nitrogens with zero attached hydrogens (tertiary/aromatic N) is 2. The summed E-state index contributed by atoms with van der Waals surface area (Å²) in [7, 11) is 3.07. The molecule has 33 heavy (non-hydrogen) atoms. The minimum Gasteiger partial charge on any atom is -0.503 e. The quantitative estimate of drug-likeness (QED) is 0.583. The van der Waals surface area contributed by atoms with Crippen molar-refractivity contribution in [3.63, 3.8) is 0 Å². The molecule has 1 saturated heterocycles. The number of carbonyl (C=O) groups is 2. The zero-order chi connectivity index (χ0) is 23.4. The van der Waals surface area contributed by atoms with Crippen LogP contribution in [0.1, 0.15) is 30.2 Å². The van der Waals surface area contributed by atoms with Crippen LogP contribution in [0.4, 0.5) is 0 Å². The number of benzene rings is 1. The first-order chi connectivity index (χ1) is 16.0. The number of ketones is 1. The molecule has 1 N–H and O–H groups in total. The number of furan rings is 1. The molecule has 1 aromatic carbocycles. The van der Waals surface area contributed by atoms with Crippen LogP contribution in [0.3, 0.4) is 0 Å². The standard InChI is InChI=1S/C25H28N2O6/c1-31-20-10-7-17(16-21(20)32-2)23-22(19(28)9-8-18-6-5-15-33-18)24(29)25(30)27(23)14-13-26-11-3-4-12-26/h5-10,15-16,23,29H,3-4,11-14H2,1-2H3/b9-8+. The maximum absolute atomic E-state index is 13.2. The van der Waals surface area contributed by atoms with Gasteiger partial charge in [-0.15, -0.1) is 0 Å². The van der Waals surface area contributed by atoms with Gasteiger partial charge in [0.05, 0.1) is 32.1 Å². The van der Waals surface area contributed by atoms with Gasteiger partial charge in [-0.2, -0.15) is 0 Å². The van der Waals surface area contributed by atoms with E-state index in [9.17, 15) is 14.7 Å². The van der Waals surface area contributed by atoms with Crippen LogP contribution >= 0.6 is 0 Å². The summed E-state index contributed by atoms with van der Waals surface area (Å²) in [6, 6.07) is 7.94. The first-order valence-corrected chi connectivity index (χ1v) is 11.0. The molecule has 1 unspecified atom stereocenters. The summed E-state index contributed by atoms with van der Waals surface area (Å²) in [6.07, 6.45) is 6.61. The number of carbonyl (C=O) groups excluding carboxylic acids is 2.